The normalized spacial score (nSPS) is 15.9. The van der Waals surface area contributed by atoms with Crippen molar-refractivity contribution in [3.63, 3.8) is 0 Å². The minimum atomic E-state index is -0.694. The van der Waals surface area contributed by atoms with E-state index in [4.69, 9.17) is 4.52 Å². The largest absolute Gasteiger partial charge is 0.345 e. The Labute approximate surface area is 157 Å². The summed E-state index contributed by atoms with van der Waals surface area (Å²) in [5.74, 6) is -1.18. The van der Waals surface area contributed by atoms with Crippen LogP contribution < -0.4 is 10.9 Å². The summed E-state index contributed by atoms with van der Waals surface area (Å²) in [6.07, 6.45) is 5.96. The molecule has 0 fully saturated rings. The first kappa shape index (κ1) is 17.5. The van der Waals surface area contributed by atoms with Crippen LogP contribution >= 0.6 is 0 Å². The van der Waals surface area contributed by atoms with Crippen molar-refractivity contribution in [3.8, 4) is 0 Å². The molecule has 0 bridgehead atoms. The Morgan fingerprint density at radius 1 is 1.25 bits per heavy atom. The first-order valence-electron chi connectivity index (χ1n) is 8.40. The zero-order chi connectivity index (χ0) is 19.5. The number of aromatic nitrogens is 4. The molecule has 3 aromatic rings. The predicted octanol–water partition coefficient (Wildman–Crippen LogP) is 0.347. The fourth-order valence-corrected chi connectivity index (χ4v) is 2.71. The molecule has 140 valence electrons. The highest BCUT2D eigenvalue weighted by atomic mass is 16.5. The van der Waals surface area contributed by atoms with Gasteiger partial charge in [-0.15, -0.1) is 0 Å². The highest BCUT2D eigenvalue weighted by Gasteiger charge is 2.24. The Bertz CT molecular complexity index is 1180. The van der Waals surface area contributed by atoms with Crippen LogP contribution in [0.2, 0.25) is 0 Å². The van der Waals surface area contributed by atoms with Gasteiger partial charge in [-0.1, -0.05) is 23.4 Å². The smallest absolute Gasteiger partial charge is 0.261 e. The summed E-state index contributed by atoms with van der Waals surface area (Å²) >= 11 is 0. The Hall–Kier alpha value is -3.95. The average molecular weight is 378 g/mol. The second-order valence-corrected chi connectivity index (χ2v) is 6.00. The molecular formula is C18H14N6O4. The molecule has 3 heterocycles. The lowest BCUT2D eigenvalue weighted by molar-refractivity contribution is -0.122. The molecule has 10 heteroatoms. The van der Waals surface area contributed by atoms with Gasteiger partial charge in [0.05, 0.1) is 23.8 Å². The number of allylic oxidation sites excluding steroid dienone is 1. The zero-order valence-electron chi connectivity index (χ0n) is 14.5. The summed E-state index contributed by atoms with van der Waals surface area (Å²) < 4.78 is 6.28. The van der Waals surface area contributed by atoms with Crippen LogP contribution in [0.5, 0.6) is 0 Å². The van der Waals surface area contributed by atoms with E-state index in [0.29, 0.717) is 10.9 Å². The number of hydrogen-bond acceptors (Lipinski definition) is 7. The van der Waals surface area contributed by atoms with Crippen molar-refractivity contribution < 1.29 is 14.1 Å². The molecular weight excluding hydrogens is 364 g/mol. The van der Waals surface area contributed by atoms with Crippen LogP contribution in [0, 0.1) is 0 Å². The van der Waals surface area contributed by atoms with Crippen LogP contribution in [0.4, 0.5) is 0 Å². The number of para-hydroxylation sites is 1. The van der Waals surface area contributed by atoms with Crippen molar-refractivity contribution in [3.05, 3.63) is 64.8 Å². The number of nitrogens with one attached hydrogen (secondary N) is 1. The molecule has 4 rings (SSSR count). The third kappa shape index (κ3) is 3.47. The first-order valence-corrected chi connectivity index (χ1v) is 8.40. The molecule has 1 atom stereocenters. The quantitative estimate of drug-likeness (QED) is 0.677. The molecule has 0 saturated carbocycles. The Balaban J connectivity index is 1.40. The van der Waals surface area contributed by atoms with E-state index in [2.05, 4.69) is 25.4 Å². The molecule has 10 nitrogen and oxygen atoms in total. The van der Waals surface area contributed by atoms with Crippen molar-refractivity contribution >= 4 is 28.9 Å². The van der Waals surface area contributed by atoms with Gasteiger partial charge in [0, 0.05) is 6.21 Å². The van der Waals surface area contributed by atoms with Gasteiger partial charge in [0.25, 0.3) is 11.5 Å². The highest BCUT2D eigenvalue weighted by Crippen LogP contribution is 2.17. The second kappa shape index (κ2) is 7.35. The number of dihydropyridines is 1. The zero-order valence-corrected chi connectivity index (χ0v) is 14.5. The maximum absolute atomic E-state index is 12.4. The Kier molecular flexibility index (Phi) is 4.58. The standard InChI is InChI=1S/C18H14N6O4/c25-14(9-24-10-21-13-6-2-1-4-11(13)18(24)27)20-8-15-22-16(23-28-15)12-5-3-7-19-17(12)26/h1-7,10,12H,8-9H2,(H,20,25). The summed E-state index contributed by atoms with van der Waals surface area (Å²) in [7, 11) is 0. The fraction of sp³-hybridized carbons (Fsp3) is 0.167. The van der Waals surface area contributed by atoms with Crippen molar-refractivity contribution in [1.82, 2.24) is 25.0 Å². The number of hydrogen-bond donors (Lipinski definition) is 1. The minimum absolute atomic E-state index is 0.0323. The lowest BCUT2D eigenvalue weighted by Crippen LogP contribution is -2.32. The maximum Gasteiger partial charge on any atom is 0.261 e. The van der Waals surface area contributed by atoms with Gasteiger partial charge in [-0.05, 0) is 18.2 Å². The van der Waals surface area contributed by atoms with E-state index in [1.165, 1.54) is 17.1 Å². The van der Waals surface area contributed by atoms with Gasteiger partial charge in [0.1, 0.15) is 12.5 Å². The van der Waals surface area contributed by atoms with Gasteiger partial charge in [-0.25, -0.2) is 9.98 Å². The van der Waals surface area contributed by atoms with E-state index in [0.717, 1.165) is 0 Å². The molecule has 1 N–H and O–H groups in total. The van der Waals surface area contributed by atoms with Crippen molar-refractivity contribution in [2.75, 3.05) is 0 Å². The summed E-state index contributed by atoms with van der Waals surface area (Å²) in [6, 6.07) is 6.91. The van der Waals surface area contributed by atoms with E-state index in [1.807, 2.05) is 0 Å². The summed E-state index contributed by atoms with van der Waals surface area (Å²) in [5.41, 5.74) is 0.266. The van der Waals surface area contributed by atoms with Crippen molar-refractivity contribution in [2.24, 2.45) is 4.99 Å². The second-order valence-electron chi connectivity index (χ2n) is 6.00. The minimum Gasteiger partial charge on any atom is -0.345 e. The van der Waals surface area contributed by atoms with Gasteiger partial charge in [0.15, 0.2) is 5.82 Å². The summed E-state index contributed by atoms with van der Waals surface area (Å²) in [5, 5.41) is 6.78. The van der Waals surface area contributed by atoms with Crippen LogP contribution in [0.1, 0.15) is 17.6 Å². The number of benzene rings is 1. The van der Waals surface area contributed by atoms with E-state index >= 15 is 0 Å². The number of amides is 2. The molecule has 1 aromatic carbocycles. The van der Waals surface area contributed by atoms with Gasteiger partial charge in [-0.3, -0.25) is 19.0 Å². The van der Waals surface area contributed by atoms with E-state index in [1.54, 1.807) is 36.4 Å². The molecule has 1 aliphatic rings. The molecule has 0 aliphatic carbocycles. The van der Waals surface area contributed by atoms with Crippen LogP contribution in [0.25, 0.3) is 10.9 Å². The van der Waals surface area contributed by atoms with Crippen LogP contribution in [0.15, 0.2) is 57.1 Å². The van der Waals surface area contributed by atoms with Gasteiger partial charge >= 0.3 is 0 Å². The van der Waals surface area contributed by atoms with Gasteiger partial charge in [0.2, 0.25) is 11.8 Å². The number of carbonyl (C=O) groups excluding carboxylic acids is 2. The third-order valence-corrected chi connectivity index (χ3v) is 4.10. The predicted molar refractivity (Wildman–Crippen MR) is 97.5 cm³/mol. The van der Waals surface area contributed by atoms with Crippen LogP contribution in [0.3, 0.4) is 0 Å². The average Bonchev–Trinajstić information content (AvgIpc) is 3.18. The molecule has 0 spiro atoms. The van der Waals surface area contributed by atoms with Crippen molar-refractivity contribution in [2.45, 2.75) is 19.0 Å². The fourth-order valence-electron chi connectivity index (χ4n) is 2.71. The molecule has 1 unspecified atom stereocenters. The van der Waals surface area contributed by atoms with E-state index in [-0.39, 0.29) is 36.3 Å². The number of carbonyl (C=O) groups is 2. The molecule has 2 aromatic heterocycles. The number of aliphatic imine (C=N–C) groups is 1. The van der Waals surface area contributed by atoms with Gasteiger partial charge in [-0.2, -0.15) is 4.98 Å². The molecule has 28 heavy (non-hydrogen) atoms. The first-order chi connectivity index (χ1) is 13.6. The molecule has 1 aliphatic heterocycles. The number of rotatable bonds is 5. The Morgan fingerprint density at radius 3 is 2.96 bits per heavy atom. The molecule has 0 radical (unpaired) electrons. The number of fused-ring (bicyclic) bond motifs is 1. The highest BCUT2D eigenvalue weighted by molar-refractivity contribution is 5.96. The monoisotopic (exact) mass is 378 g/mol. The maximum atomic E-state index is 12.4. The topological polar surface area (TPSA) is 132 Å². The van der Waals surface area contributed by atoms with Gasteiger partial charge < -0.3 is 9.84 Å². The number of nitrogens with zero attached hydrogens (tertiary/aromatic N) is 5. The van der Waals surface area contributed by atoms with Crippen LogP contribution in [-0.2, 0) is 22.7 Å². The Morgan fingerprint density at radius 2 is 2.11 bits per heavy atom. The van der Waals surface area contributed by atoms with E-state index in [9.17, 15) is 14.4 Å². The summed E-state index contributed by atoms with van der Waals surface area (Å²) in [4.78, 5) is 48.2. The van der Waals surface area contributed by atoms with E-state index < -0.39 is 11.8 Å². The molecule has 0 saturated heterocycles. The summed E-state index contributed by atoms with van der Waals surface area (Å²) in [6.45, 7) is -0.230. The SMILES string of the molecule is O=C(Cn1cnc2ccccc2c1=O)NCc1nc(C2C=CC=NC2=O)no1. The molecule has 2 amide bonds. The lowest BCUT2D eigenvalue weighted by atomic mass is 10.1. The van der Waals surface area contributed by atoms with Crippen molar-refractivity contribution in [1.29, 1.82) is 0 Å². The third-order valence-electron chi connectivity index (χ3n) is 4.10. The lowest BCUT2D eigenvalue weighted by Gasteiger charge is -2.06. The van der Waals surface area contributed by atoms with Crippen LogP contribution in [-0.4, -0.2) is 37.7 Å².